The molecule has 0 bridgehead atoms. The van der Waals surface area contributed by atoms with E-state index in [2.05, 4.69) is 4.90 Å². The van der Waals surface area contributed by atoms with E-state index < -0.39 is 0 Å². The maximum absolute atomic E-state index is 13.3. The Kier molecular flexibility index (Phi) is 5.39. The summed E-state index contributed by atoms with van der Waals surface area (Å²) in [5, 5.41) is 0. The number of methoxy groups -OCH3 is 1. The van der Waals surface area contributed by atoms with Gasteiger partial charge in [0.2, 0.25) is 0 Å². The zero-order valence-corrected chi connectivity index (χ0v) is 16.6. The monoisotopic (exact) mass is 394 g/mol. The molecule has 0 N–H and O–H groups in total. The highest BCUT2D eigenvalue weighted by atomic mass is 32.2. The van der Waals surface area contributed by atoms with Crippen LogP contribution in [0.4, 0.5) is 5.69 Å². The SMILES string of the molecule is COc1ccc(N2C(=O)C(Sc3ccccc3)=C(N3CCCCC3)C2=O)cc1. The standard InChI is InChI=1S/C22H22N2O3S/c1-27-17-12-10-16(11-13-17)24-21(25)19(23-14-6-3-7-15-23)20(22(24)26)28-18-8-4-2-5-9-18/h2,4-5,8-13H,3,6-7,14-15H2,1H3. The van der Waals surface area contributed by atoms with Crippen LogP contribution in [0.2, 0.25) is 0 Å². The first kappa shape index (κ1) is 18.6. The van der Waals surface area contributed by atoms with Crippen molar-refractivity contribution in [1.82, 2.24) is 4.90 Å². The maximum atomic E-state index is 13.3. The van der Waals surface area contributed by atoms with Gasteiger partial charge in [0, 0.05) is 18.0 Å². The molecule has 0 atom stereocenters. The number of imide groups is 1. The molecule has 2 aliphatic heterocycles. The minimum atomic E-state index is -0.260. The number of ether oxygens (including phenoxy) is 1. The lowest BCUT2D eigenvalue weighted by atomic mass is 10.1. The van der Waals surface area contributed by atoms with Crippen LogP contribution in [0.1, 0.15) is 19.3 Å². The van der Waals surface area contributed by atoms with Crippen molar-refractivity contribution in [3.63, 3.8) is 0 Å². The van der Waals surface area contributed by atoms with E-state index in [1.165, 1.54) is 16.7 Å². The Bertz CT molecular complexity index is 903. The van der Waals surface area contributed by atoms with Crippen molar-refractivity contribution in [1.29, 1.82) is 0 Å². The van der Waals surface area contributed by atoms with Crippen molar-refractivity contribution in [3.8, 4) is 5.75 Å². The van der Waals surface area contributed by atoms with Gasteiger partial charge in [-0.05, 0) is 55.7 Å². The zero-order valence-electron chi connectivity index (χ0n) is 15.8. The van der Waals surface area contributed by atoms with Crippen molar-refractivity contribution in [2.45, 2.75) is 24.2 Å². The van der Waals surface area contributed by atoms with E-state index in [-0.39, 0.29) is 11.8 Å². The highest BCUT2D eigenvalue weighted by Gasteiger charge is 2.42. The Labute approximate surface area is 169 Å². The summed E-state index contributed by atoms with van der Waals surface area (Å²) in [5.74, 6) is 0.186. The average Bonchev–Trinajstić information content (AvgIpc) is 2.99. The number of piperidine rings is 1. The lowest BCUT2D eigenvalue weighted by molar-refractivity contribution is -0.121. The Morgan fingerprint density at radius 1 is 0.857 bits per heavy atom. The molecular formula is C22H22N2O3S. The molecule has 0 unspecified atom stereocenters. The molecule has 6 heteroatoms. The van der Waals surface area contributed by atoms with Crippen LogP contribution >= 0.6 is 11.8 Å². The summed E-state index contributed by atoms with van der Waals surface area (Å²) in [6.45, 7) is 1.62. The number of thioether (sulfide) groups is 1. The lowest BCUT2D eigenvalue weighted by Crippen LogP contribution is -2.37. The van der Waals surface area contributed by atoms with Crippen molar-refractivity contribution in [2.24, 2.45) is 0 Å². The molecule has 4 rings (SSSR count). The van der Waals surface area contributed by atoms with E-state index in [0.717, 1.165) is 37.2 Å². The molecule has 5 nitrogen and oxygen atoms in total. The average molecular weight is 394 g/mol. The Morgan fingerprint density at radius 2 is 1.54 bits per heavy atom. The van der Waals surface area contributed by atoms with E-state index in [4.69, 9.17) is 4.74 Å². The van der Waals surface area contributed by atoms with Gasteiger partial charge in [0.25, 0.3) is 11.8 Å². The van der Waals surface area contributed by atoms with Gasteiger partial charge < -0.3 is 9.64 Å². The molecule has 0 saturated carbocycles. The molecule has 2 heterocycles. The zero-order chi connectivity index (χ0) is 19.5. The van der Waals surface area contributed by atoms with Crippen molar-refractivity contribution in [3.05, 3.63) is 65.2 Å². The summed E-state index contributed by atoms with van der Waals surface area (Å²) in [6.07, 6.45) is 3.24. The van der Waals surface area contributed by atoms with Gasteiger partial charge in [-0.1, -0.05) is 30.0 Å². The summed E-state index contributed by atoms with van der Waals surface area (Å²) in [6, 6.07) is 16.8. The number of hydrogen-bond donors (Lipinski definition) is 0. The molecule has 1 saturated heterocycles. The van der Waals surface area contributed by atoms with Crippen LogP contribution in [0, 0.1) is 0 Å². The number of anilines is 1. The number of nitrogens with zero attached hydrogens (tertiary/aromatic N) is 2. The van der Waals surface area contributed by atoms with E-state index in [1.54, 1.807) is 31.4 Å². The van der Waals surface area contributed by atoms with Gasteiger partial charge >= 0.3 is 0 Å². The third kappa shape index (κ3) is 3.52. The van der Waals surface area contributed by atoms with E-state index in [0.29, 0.717) is 22.0 Å². The van der Waals surface area contributed by atoms with E-state index in [1.807, 2.05) is 30.3 Å². The summed E-state index contributed by atoms with van der Waals surface area (Å²) in [5.41, 5.74) is 1.10. The highest BCUT2D eigenvalue weighted by Crippen LogP contribution is 2.39. The topological polar surface area (TPSA) is 49.9 Å². The van der Waals surface area contributed by atoms with Gasteiger partial charge in [-0.25, -0.2) is 4.90 Å². The molecule has 0 aromatic heterocycles. The smallest absolute Gasteiger partial charge is 0.283 e. The first-order valence-electron chi connectivity index (χ1n) is 9.44. The van der Waals surface area contributed by atoms with Crippen LogP contribution in [0.3, 0.4) is 0 Å². The lowest BCUT2D eigenvalue weighted by Gasteiger charge is -2.29. The molecule has 0 spiro atoms. The fourth-order valence-electron chi connectivity index (χ4n) is 3.56. The predicted octanol–water partition coefficient (Wildman–Crippen LogP) is 4.06. The molecule has 2 aromatic rings. The summed E-state index contributed by atoms with van der Waals surface area (Å²) in [4.78, 5) is 31.5. The van der Waals surface area contributed by atoms with Crippen LogP contribution in [-0.4, -0.2) is 36.9 Å². The number of likely N-dealkylation sites (tertiary alicyclic amines) is 1. The minimum Gasteiger partial charge on any atom is -0.497 e. The highest BCUT2D eigenvalue weighted by molar-refractivity contribution is 8.04. The van der Waals surface area contributed by atoms with Gasteiger partial charge in [0.15, 0.2) is 0 Å². The van der Waals surface area contributed by atoms with E-state index >= 15 is 0 Å². The number of amides is 2. The van der Waals surface area contributed by atoms with Crippen LogP contribution in [0.5, 0.6) is 5.75 Å². The molecule has 144 valence electrons. The fourth-order valence-corrected chi connectivity index (χ4v) is 4.58. The van der Waals surface area contributed by atoms with Crippen LogP contribution < -0.4 is 9.64 Å². The molecule has 2 aliphatic rings. The number of carbonyl (C=O) groups is 2. The third-order valence-electron chi connectivity index (χ3n) is 4.98. The summed E-state index contributed by atoms with van der Waals surface area (Å²) in [7, 11) is 1.59. The quantitative estimate of drug-likeness (QED) is 0.716. The van der Waals surface area contributed by atoms with Gasteiger partial charge in [-0.15, -0.1) is 0 Å². The third-order valence-corrected chi connectivity index (χ3v) is 6.06. The van der Waals surface area contributed by atoms with Crippen LogP contribution in [0.15, 0.2) is 70.1 Å². The second-order valence-electron chi connectivity index (χ2n) is 6.78. The fraction of sp³-hybridized carbons (Fsp3) is 0.273. The maximum Gasteiger partial charge on any atom is 0.283 e. The molecule has 2 aromatic carbocycles. The van der Waals surface area contributed by atoms with Crippen LogP contribution in [0.25, 0.3) is 0 Å². The van der Waals surface area contributed by atoms with Gasteiger partial charge in [-0.3, -0.25) is 9.59 Å². The normalized spacial score (nSPS) is 17.5. The number of benzene rings is 2. The Hall–Kier alpha value is -2.73. The van der Waals surface area contributed by atoms with Gasteiger partial charge in [0.1, 0.15) is 16.4 Å². The number of carbonyl (C=O) groups excluding carboxylic acids is 2. The van der Waals surface area contributed by atoms with Crippen molar-refractivity contribution in [2.75, 3.05) is 25.1 Å². The summed E-state index contributed by atoms with van der Waals surface area (Å²) < 4.78 is 5.19. The molecule has 28 heavy (non-hydrogen) atoms. The number of rotatable bonds is 5. The predicted molar refractivity (Wildman–Crippen MR) is 110 cm³/mol. The number of hydrogen-bond acceptors (Lipinski definition) is 5. The molecule has 2 amide bonds. The van der Waals surface area contributed by atoms with E-state index in [9.17, 15) is 9.59 Å². The van der Waals surface area contributed by atoms with Gasteiger partial charge in [0.05, 0.1) is 12.8 Å². The largest absolute Gasteiger partial charge is 0.497 e. The second kappa shape index (κ2) is 8.10. The second-order valence-corrected chi connectivity index (χ2v) is 7.87. The Morgan fingerprint density at radius 3 is 2.18 bits per heavy atom. The molecule has 0 radical (unpaired) electrons. The van der Waals surface area contributed by atoms with Crippen LogP contribution in [-0.2, 0) is 9.59 Å². The van der Waals surface area contributed by atoms with Gasteiger partial charge in [-0.2, -0.15) is 0 Å². The molecule has 1 fully saturated rings. The molecular weight excluding hydrogens is 372 g/mol. The Balaban J connectivity index is 1.71. The van der Waals surface area contributed by atoms with Crippen molar-refractivity contribution >= 4 is 29.3 Å². The minimum absolute atomic E-state index is 0.240. The summed E-state index contributed by atoms with van der Waals surface area (Å²) >= 11 is 1.37. The first-order valence-corrected chi connectivity index (χ1v) is 10.3. The molecule has 0 aliphatic carbocycles. The van der Waals surface area contributed by atoms with Crippen molar-refractivity contribution < 1.29 is 14.3 Å². The first-order chi connectivity index (χ1) is 13.7.